The average molecular weight is 310 g/mol. The van der Waals surface area contributed by atoms with Crippen LogP contribution in [0.3, 0.4) is 0 Å². The molecule has 1 aromatic carbocycles. The Bertz CT molecular complexity index is 610. The van der Waals surface area contributed by atoms with Crippen LogP contribution >= 0.6 is 11.6 Å². The SMILES string of the molecule is CCNC(Cc1c(Cl)c(C)nn1CC)c1cccc(F)c1. The first kappa shape index (κ1) is 16.0. The van der Waals surface area contributed by atoms with Crippen molar-refractivity contribution in [2.75, 3.05) is 6.54 Å². The van der Waals surface area contributed by atoms with Gasteiger partial charge in [-0.1, -0.05) is 30.7 Å². The first-order valence-corrected chi connectivity index (χ1v) is 7.65. The molecule has 0 amide bonds. The Labute approximate surface area is 130 Å². The van der Waals surface area contributed by atoms with Crippen LogP contribution < -0.4 is 5.32 Å². The summed E-state index contributed by atoms with van der Waals surface area (Å²) in [6, 6.07) is 6.72. The van der Waals surface area contributed by atoms with Gasteiger partial charge in [0.1, 0.15) is 5.82 Å². The van der Waals surface area contributed by atoms with E-state index in [-0.39, 0.29) is 11.9 Å². The van der Waals surface area contributed by atoms with E-state index in [4.69, 9.17) is 11.6 Å². The lowest BCUT2D eigenvalue weighted by Gasteiger charge is -2.19. The zero-order chi connectivity index (χ0) is 15.4. The number of nitrogens with zero attached hydrogens (tertiary/aromatic N) is 2. The van der Waals surface area contributed by atoms with Gasteiger partial charge in [0.25, 0.3) is 0 Å². The second-order valence-electron chi connectivity index (χ2n) is 5.03. The Morgan fingerprint density at radius 1 is 1.38 bits per heavy atom. The van der Waals surface area contributed by atoms with Gasteiger partial charge in [0.15, 0.2) is 0 Å². The number of hydrogen-bond donors (Lipinski definition) is 1. The Hall–Kier alpha value is -1.39. The van der Waals surface area contributed by atoms with Crippen LogP contribution in [0.1, 0.15) is 36.8 Å². The Morgan fingerprint density at radius 2 is 2.14 bits per heavy atom. The van der Waals surface area contributed by atoms with Gasteiger partial charge in [0, 0.05) is 19.0 Å². The summed E-state index contributed by atoms with van der Waals surface area (Å²) in [6.07, 6.45) is 0.685. The quantitative estimate of drug-likeness (QED) is 0.877. The summed E-state index contributed by atoms with van der Waals surface area (Å²) in [6.45, 7) is 7.55. The monoisotopic (exact) mass is 309 g/mol. The number of rotatable bonds is 6. The third kappa shape index (κ3) is 3.63. The van der Waals surface area contributed by atoms with Gasteiger partial charge in [0.2, 0.25) is 0 Å². The number of aryl methyl sites for hydroxylation is 2. The van der Waals surface area contributed by atoms with Crippen molar-refractivity contribution in [1.82, 2.24) is 15.1 Å². The molecule has 0 fully saturated rings. The lowest BCUT2D eigenvalue weighted by atomic mass is 10.0. The molecule has 0 aliphatic rings. The van der Waals surface area contributed by atoms with Crippen molar-refractivity contribution in [3.63, 3.8) is 0 Å². The molecule has 3 nitrogen and oxygen atoms in total. The van der Waals surface area contributed by atoms with Crippen LogP contribution in [0, 0.1) is 12.7 Å². The van der Waals surface area contributed by atoms with Crippen LogP contribution in [0.5, 0.6) is 0 Å². The van der Waals surface area contributed by atoms with Gasteiger partial charge in [0.05, 0.1) is 16.4 Å². The fraction of sp³-hybridized carbons (Fsp3) is 0.438. The maximum atomic E-state index is 13.5. The van der Waals surface area contributed by atoms with Gasteiger partial charge in [-0.2, -0.15) is 5.10 Å². The first-order valence-electron chi connectivity index (χ1n) is 7.27. The van der Waals surface area contributed by atoms with E-state index in [0.717, 1.165) is 30.0 Å². The van der Waals surface area contributed by atoms with Crippen molar-refractivity contribution in [2.45, 2.75) is 39.8 Å². The van der Waals surface area contributed by atoms with Crippen molar-refractivity contribution in [3.05, 3.63) is 52.1 Å². The lowest BCUT2D eigenvalue weighted by molar-refractivity contribution is 0.512. The summed E-state index contributed by atoms with van der Waals surface area (Å²) >= 11 is 6.37. The number of nitrogens with one attached hydrogen (secondary N) is 1. The standard InChI is InChI=1S/C16H21ClFN3/c1-4-19-14(12-7-6-8-13(18)9-12)10-15-16(17)11(3)20-21(15)5-2/h6-9,14,19H,4-5,10H2,1-3H3. The molecule has 1 heterocycles. The van der Waals surface area contributed by atoms with Crippen molar-refractivity contribution >= 4 is 11.6 Å². The number of aromatic nitrogens is 2. The smallest absolute Gasteiger partial charge is 0.123 e. The molecule has 0 aliphatic carbocycles. The predicted octanol–water partition coefficient (Wildman–Crippen LogP) is 3.90. The maximum absolute atomic E-state index is 13.5. The Kier molecular flexibility index (Phi) is 5.37. The summed E-state index contributed by atoms with van der Waals surface area (Å²) in [5.74, 6) is -0.221. The fourth-order valence-electron chi connectivity index (χ4n) is 2.53. The maximum Gasteiger partial charge on any atom is 0.123 e. The molecule has 0 saturated heterocycles. The zero-order valence-electron chi connectivity index (χ0n) is 12.7. The summed E-state index contributed by atoms with van der Waals surface area (Å²) in [5.41, 5.74) is 2.75. The minimum Gasteiger partial charge on any atom is -0.310 e. The summed E-state index contributed by atoms with van der Waals surface area (Å²) in [5, 5.41) is 8.54. The van der Waals surface area contributed by atoms with Crippen LogP contribution in [0.2, 0.25) is 5.02 Å². The van der Waals surface area contributed by atoms with E-state index in [0.29, 0.717) is 11.4 Å². The molecule has 0 spiro atoms. The second-order valence-corrected chi connectivity index (χ2v) is 5.41. The van der Waals surface area contributed by atoms with Crippen molar-refractivity contribution in [3.8, 4) is 0 Å². The average Bonchev–Trinajstić information content (AvgIpc) is 2.74. The molecule has 114 valence electrons. The van der Waals surface area contributed by atoms with Crippen LogP contribution in [0.25, 0.3) is 0 Å². The third-order valence-corrected chi connectivity index (χ3v) is 4.04. The summed E-state index contributed by atoms with van der Waals surface area (Å²) in [4.78, 5) is 0. The molecule has 0 aliphatic heterocycles. The van der Waals surface area contributed by atoms with Gasteiger partial charge >= 0.3 is 0 Å². The highest BCUT2D eigenvalue weighted by molar-refractivity contribution is 6.31. The van der Waals surface area contributed by atoms with Crippen LogP contribution in [-0.2, 0) is 13.0 Å². The number of likely N-dealkylation sites (N-methyl/N-ethyl adjacent to an activating group) is 1. The molecule has 21 heavy (non-hydrogen) atoms. The zero-order valence-corrected chi connectivity index (χ0v) is 13.4. The number of hydrogen-bond acceptors (Lipinski definition) is 2. The van der Waals surface area contributed by atoms with Gasteiger partial charge in [-0.05, 0) is 38.1 Å². The number of benzene rings is 1. The molecule has 1 N–H and O–H groups in total. The predicted molar refractivity (Wildman–Crippen MR) is 84.2 cm³/mol. The van der Waals surface area contributed by atoms with Crippen molar-refractivity contribution in [2.24, 2.45) is 0 Å². The molecule has 1 unspecified atom stereocenters. The molecule has 0 radical (unpaired) electrons. The third-order valence-electron chi connectivity index (χ3n) is 3.55. The van der Waals surface area contributed by atoms with Crippen molar-refractivity contribution in [1.29, 1.82) is 0 Å². The van der Waals surface area contributed by atoms with Crippen LogP contribution in [0.4, 0.5) is 4.39 Å². The molecule has 0 saturated carbocycles. The van der Waals surface area contributed by atoms with E-state index >= 15 is 0 Å². The van der Waals surface area contributed by atoms with Gasteiger partial charge < -0.3 is 5.32 Å². The highest BCUT2D eigenvalue weighted by atomic mass is 35.5. The highest BCUT2D eigenvalue weighted by Crippen LogP contribution is 2.26. The van der Waals surface area contributed by atoms with Crippen LogP contribution in [-0.4, -0.2) is 16.3 Å². The van der Waals surface area contributed by atoms with Gasteiger partial charge in [-0.25, -0.2) is 4.39 Å². The molecule has 2 rings (SSSR count). The van der Waals surface area contributed by atoms with E-state index in [9.17, 15) is 4.39 Å². The molecule has 5 heteroatoms. The topological polar surface area (TPSA) is 29.9 Å². The Morgan fingerprint density at radius 3 is 2.76 bits per heavy atom. The minimum atomic E-state index is -0.221. The van der Waals surface area contributed by atoms with Crippen molar-refractivity contribution < 1.29 is 4.39 Å². The number of halogens is 2. The second kappa shape index (κ2) is 7.05. The summed E-state index contributed by atoms with van der Waals surface area (Å²) < 4.78 is 15.4. The molecule has 0 bridgehead atoms. The van der Waals surface area contributed by atoms with E-state index < -0.39 is 0 Å². The first-order chi connectivity index (χ1) is 10.1. The van der Waals surface area contributed by atoms with Crippen LogP contribution in [0.15, 0.2) is 24.3 Å². The highest BCUT2D eigenvalue weighted by Gasteiger charge is 2.19. The summed E-state index contributed by atoms with van der Waals surface area (Å²) in [7, 11) is 0. The molecular weight excluding hydrogens is 289 g/mol. The lowest BCUT2D eigenvalue weighted by Crippen LogP contribution is -2.24. The Balaban J connectivity index is 2.32. The van der Waals surface area contributed by atoms with E-state index in [1.54, 1.807) is 12.1 Å². The minimum absolute atomic E-state index is 0.0181. The van der Waals surface area contributed by atoms with Gasteiger partial charge in [-0.3, -0.25) is 4.68 Å². The molecule has 2 aromatic rings. The normalized spacial score (nSPS) is 12.6. The van der Waals surface area contributed by atoms with Gasteiger partial charge in [-0.15, -0.1) is 0 Å². The van der Waals surface area contributed by atoms with E-state index in [1.807, 2.05) is 31.5 Å². The van der Waals surface area contributed by atoms with E-state index in [1.165, 1.54) is 6.07 Å². The fourth-order valence-corrected chi connectivity index (χ4v) is 2.75. The van der Waals surface area contributed by atoms with E-state index in [2.05, 4.69) is 10.4 Å². The molecule has 1 atom stereocenters. The molecule has 1 aromatic heterocycles. The largest absolute Gasteiger partial charge is 0.310 e. The molecular formula is C16H21ClFN3.